The van der Waals surface area contributed by atoms with Gasteiger partial charge in [-0.1, -0.05) is 107 Å². The summed E-state index contributed by atoms with van der Waals surface area (Å²) < 4.78 is 1.61. The number of fused-ring (bicyclic) bond motifs is 1. The Kier molecular flexibility index (Phi) is 10.2. The summed E-state index contributed by atoms with van der Waals surface area (Å²) in [4.78, 5) is 24.0. The molecule has 0 spiro atoms. The Morgan fingerprint density at radius 3 is 1.89 bits per heavy atom. The second-order valence-electron chi connectivity index (χ2n) is 13.0. The lowest BCUT2D eigenvalue weighted by Crippen LogP contribution is -2.13. The molecule has 5 nitrogen and oxygen atoms in total. The zero-order chi connectivity index (χ0) is 31.9. The van der Waals surface area contributed by atoms with Crippen LogP contribution in [0.3, 0.4) is 0 Å². The van der Waals surface area contributed by atoms with Crippen molar-refractivity contribution in [1.29, 1.82) is 0 Å². The van der Waals surface area contributed by atoms with Gasteiger partial charge in [0.15, 0.2) is 0 Å². The van der Waals surface area contributed by atoms with Crippen molar-refractivity contribution in [3.8, 4) is 0 Å². The molecule has 0 atom stereocenters. The summed E-state index contributed by atoms with van der Waals surface area (Å²) >= 11 is 0. The molecule has 0 saturated heterocycles. The first-order valence-corrected chi connectivity index (χ1v) is 16.0. The summed E-state index contributed by atoms with van der Waals surface area (Å²) in [5.41, 5.74) is 9.11. The molecule has 5 rings (SSSR count). The first kappa shape index (κ1) is 31.8. The van der Waals surface area contributed by atoms with Gasteiger partial charge in [-0.05, 0) is 82.7 Å². The minimum Gasteiger partial charge on any atom is -0.481 e. The van der Waals surface area contributed by atoms with E-state index in [0.717, 1.165) is 40.6 Å². The fraction of sp³-hybridized carbons (Fsp3) is 0.300. The van der Waals surface area contributed by atoms with Gasteiger partial charge >= 0.3 is 5.97 Å². The van der Waals surface area contributed by atoms with Crippen LogP contribution in [0.5, 0.6) is 0 Å². The fourth-order valence-corrected chi connectivity index (χ4v) is 6.08. The average molecular weight is 601 g/mol. The Bertz CT molecular complexity index is 1690. The van der Waals surface area contributed by atoms with E-state index < -0.39 is 5.97 Å². The summed E-state index contributed by atoms with van der Waals surface area (Å²) in [6.07, 6.45) is 4.42. The second-order valence-corrected chi connectivity index (χ2v) is 13.0. The Morgan fingerprint density at radius 2 is 1.31 bits per heavy atom. The maximum atomic E-state index is 12.9. The molecule has 0 unspecified atom stereocenters. The van der Waals surface area contributed by atoms with E-state index >= 15 is 0 Å². The number of carboxylic acid groups (broad SMARTS) is 1. The third-order valence-electron chi connectivity index (χ3n) is 8.16. The molecule has 0 aliphatic carbocycles. The van der Waals surface area contributed by atoms with Crippen LogP contribution in [-0.4, -0.2) is 21.6 Å². The van der Waals surface area contributed by atoms with E-state index in [4.69, 9.17) is 5.11 Å². The third kappa shape index (κ3) is 8.30. The smallest absolute Gasteiger partial charge is 0.303 e. The van der Waals surface area contributed by atoms with E-state index in [1.807, 2.05) is 30.5 Å². The van der Waals surface area contributed by atoms with Gasteiger partial charge in [-0.3, -0.25) is 14.2 Å². The van der Waals surface area contributed by atoms with Crippen molar-refractivity contribution in [2.45, 2.75) is 65.8 Å². The summed E-state index contributed by atoms with van der Waals surface area (Å²) in [6, 6.07) is 34.3. The average Bonchev–Trinajstić information content (AvgIpc) is 3.37. The summed E-state index contributed by atoms with van der Waals surface area (Å²) in [5.74, 6) is 0.0356. The van der Waals surface area contributed by atoms with Crippen LogP contribution in [0.4, 0.5) is 5.69 Å². The molecule has 0 bridgehead atoms. The van der Waals surface area contributed by atoms with Crippen LogP contribution in [-0.2, 0) is 24.1 Å². The highest BCUT2D eigenvalue weighted by Gasteiger charge is 2.17. The molecule has 5 heteroatoms. The van der Waals surface area contributed by atoms with Gasteiger partial charge in [-0.2, -0.15) is 0 Å². The van der Waals surface area contributed by atoms with Gasteiger partial charge in [-0.25, -0.2) is 0 Å². The Balaban J connectivity index is 1.42. The maximum Gasteiger partial charge on any atom is 0.303 e. The minimum atomic E-state index is -0.972. The molecular weight excluding hydrogens is 556 g/mol. The van der Waals surface area contributed by atoms with Crippen molar-refractivity contribution >= 4 is 28.5 Å². The molecule has 0 fully saturated rings. The zero-order valence-electron chi connectivity index (χ0n) is 26.8. The number of para-hydroxylation sites is 1. The van der Waals surface area contributed by atoms with E-state index in [0.29, 0.717) is 18.3 Å². The first-order chi connectivity index (χ1) is 21.7. The molecule has 0 aliphatic heterocycles. The number of nitrogens with one attached hydrogen (secondary N) is 1. The topological polar surface area (TPSA) is 71.3 Å². The number of hydrogen-bond donors (Lipinski definition) is 2. The quantitative estimate of drug-likeness (QED) is 0.141. The maximum absolute atomic E-state index is 12.9. The van der Waals surface area contributed by atoms with E-state index in [1.54, 1.807) is 4.57 Å². The van der Waals surface area contributed by atoms with Crippen molar-refractivity contribution in [2.75, 3.05) is 5.32 Å². The molecule has 0 radical (unpaired) electrons. The van der Waals surface area contributed by atoms with Gasteiger partial charge in [0.25, 0.3) is 0 Å². The van der Waals surface area contributed by atoms with Crippen LogP contribution < -0.4 is 5.32 Å². The van der Waals surface area contributed by atoms with Crippen LogP contribution in [0.2, 0.25) is 0 Å². The number of hydrogen-bond acceptors (Lipinski definition) is 3. The molecule has 0 amide bonds. The van der Waals surface area contributed by atoms with Gasteiger partial charge in [0.1, 0.15) is 0 Å². The number of aliphatic carboxylic acids is 1. The number of carbonyl (C=O) groups excluding carboxylic acids is 1. The highest BCUT2D eigenvalue weighted by Crippen LogP contribution is 2.30. The Hall–Kier alpha value is -4.64. The zero-order valence-corrected chi connectivity index (χ0v) is 26.8. The van der Waals surface area contributed by atoms with Gasteiger partial charge in [0, 0.05) is 23.7 Å². The van der Waals surface area contributed by atoms with Gasteiger partial charge < -0.3 is 10.4 Å². The lowest BCUT2D eigenvalue weighted by molar-refractivity contribution is -0.137. The van der Waals surface area contributed by atoms with Gasteiger partial charge in [-0.15, -0.1) is 0 Å². The van der Waals surface area contributed by atoms with Crippen molar-refractivity contribution < 1.29 is 14.7 Å². The van der Waals surface area contributed by atoms with E-state index in [2.05, 4.69) is 106 Å². The number of carbonyl (C=O) groups is 2. The van der Waals surface area contributed by atoms with E-state index in [9.17, 15) is 9.59 Å². The standard InChI is InChI=1S/C40H44N2O3/c1-27(2)22-29-12-16-32(17-13-29)40(33-18-14-30(15-19-33)23-28(3)4)41-35-9-7-8-31(25-35)24-34-26-42(38(43)20-21-39(44)45)37-11-6-5-10-36(34)37/h5-19,25-28,40-41H,20-24H2,1-4H3,(H,44,45). The highest BCUT2D eigenvalue weighted by molar-refractivity contribution is 5.95. The number of anilines is 1. The number of carboxylic acids is 1. The predicted octanol–water partition coefficient (Wildman–Crippen LogP) is 9.34. The SMILES string of the molecule is CC(C)Cc1ccc(C(Nc2cccc(Cc3cn(C(=O)CCC(=O)O)c4ccccc34)c2)c2ccc(CC(C)C)cc2)cc1. The molecule has 1 heterocycles. The van der Waals surface area contributed by atoms with Crippen molar-refractivity contribution in [1.82, 2.24) is 4.57 Å². The number of aromatic nitrogens is 1. The minimum absolute atomic E-state index is 0.0183. The first-order valence-electron chi connectivity index (χ1n) is 16.0. The normalized spacial score (nSPS) is 11.5. The molecule has 0 aliphatic rings. The molecular formula is C40H44N2O3. The molecule has 0 saturated carbocycles. The molecule has 1 aromatic heterocycles. The molecule has 232 valence electrons. The van der Waals surface area contributed by atoms with Crippen LogP contribution in [0.25, 0.3) is 10.9 Å². The van der Waals surface area contributed by atoms with Crippen molar-refractivity contribution in [2.24, 2.45) is 11.8 Å². The van der Waals surface area contributed by atoms with Crippen molar-refractivity contribution in [3.63, 3.8) is 0 Å². The van der Waals surface area contributed by atoms with Crippen LogP contribution in [0.15, 0.2) is 103 Å². The summed E-state index contributed by atoms with van der Waals surface area (Å²) in [7, 11) is 0. The van der Waals surface area contributed by atoms with Crippen LogP contribution in [0.1, 0.15) is 84.8 Å². The van der Waals surface area contributed by atoms with E-state index in [1.165, 1.54) is 22.3 Å². The van der Waals surface area contributed by atoms with Crippen molar-refractivity contribution in [3.05, 3.63) is 137 Å². The third-order valence-corrected chi connectivity index (χ3v) is 8.16. The lowest BCUT2D eigenvalue weighted by Gasteiger charge is -2.22. The number of nitrogens with zero attached hydrogens (tertiary/aromatic N) is 1. The van der Waals surface area contributed by atoms with Gasteiger partial charge in [0.2, 0.25) is 5.91 Å². The monoisotopic (exact) mass is 600 g/mol. The number of rotatable bonds is 13. The number of benzene rings is 4. The molecule has 4 aromatic carbocycles. The molecule has 5 aromatic rings. The Labute approximate surface area is 266 Å². The summed E-state index contributed by atoms with van der Waals surface area (Å²) in [5, 5.41) is 13.9. The highest BCUT2D eigenvalue weighted by atomic mass is 16.4. The largest absolute Gasteiger partial charge is 0.481 e. The van der Waals surface area contributed by atoms with E-state index in [-0.39, 0.29) is 24.8 Å². The molecule has 2 N–H and O–H groups in total. The lowest BCUT2D eigenvalue weighted by atomic mass is 9.93. The molecule has 45 heavy (non-hydrogen) atoms. The second kappa shape index (κ2) is 14.4. The fourth-order valence-electron chi connectivity index (χ4n) is 6.08. The van der Waals surface area contributed by atoms with Gasteiger partial charge in [0.05, 0.1) is 18.0 Å². The predicted molar refractivity (Wildman–Crippen MR) is 184 cm³/mol. The van der Waals surface area contributed by atoms with Crippen LogP contribution in [0, 0.1) is 11.8 Å². The Morgan fingerprint density at radius 1 is 0.711 bits per heavy atom. The van der Waals surface area contributed by atoms with Crippen LogP contribution >= 0.6 is 0 Å². The summed E-state index contributed by atoms with van der Waals surface area (Å²) in [6.45, 7) is 9.00.